The summed E-state index contributed by atoms with van der Waals surface area (Å²) in [6.07, 6.45) is 1.99. The molecule has 0 saturated heterocycles. The Morgan fingerprint density at radius 2 is 1.87 bits per heavy atom. The first kappa shape index (κ1) is 14.6. The van der Waals surface area contributed by atoms with E-state index >= 15 is 0 Å². The van der Waals surface area contributed by atoms with Crippen LogP contribution in [0.3, 0.4) is 0 Å². The van der Waals surface area contributed by atoms with Gasteiger partial charge in [-0.25, -0.2) is 0 Å². The molecule has 0 aliphatic rings. The zero-order valence-electron chi connectivity index (χ0n) is 8.97. The lowest BCUT2D eigenvalue weighted by atomic mass is 10.3. The summed E-state index contributed by atoms with van der Waals surface area (Å²) >= 11 is 1.59. The molecule has 0 bridgehead atoms. The van der Waals surface area contributed by atoms with E-state index in [-0.39, 0.29) is 29.7 Å². The number of aliphatic imine (C=N–C) groups is 1. The summed E-state index contributed by atoms with van der Waals surface area (Å²) in [5, 5.41) is 10.1. The number of anilines is 1. The lowest BCUT2D eigenvalue weighted by Gasteiger charge is -2.19. The zero-order chi connectivity index (χ0) is 10.6. The third kappa shape index (κ3) is 3.90. The molecule has 0 radical (unpaired) electrons. The average molecular weight is 338 g/mol. The summed E-state index contributed by atoms with van der Waals surface area (Å²) in [5.41, 5.74) is 1.01. The maximum atomic E-state index is 9.14. The smallest absolute Gasteiger partial charge is 0.162 e. The van der Waals surface area contributed by atoms with E-state index < -0.39 is 0 Å². The van der Waals surface area contributed by atoms with Crippen LogP contribution in [0, 0.1) is 0 Å². The van der Waals surface area contributed by atoms with E-state index in [0.29, 0.717) is 0 Å². The topological polar surface area (TPSA) is 35.8 Å². The average Bonchev–Trinajstić information content (AvgIpc) is 2.20. The third-order valence-electron chi connectivity index (χ3n) is 1.90. The molecule has 0 aliphatic heterocycles. The largest absolute Gasteiger partial charge is 0.508 e. The van der Waals surface area contributed by atoms with Crippen molar-refractivity contribution in [1.29, 1.82) is 0 Å². The molecule has 3 nitrogen and oxygen atoms in total. The van der Waals surface area contributed by atoms with Crippen molar-refractivity contribution in [3.8, 4) is 5.75 Å². The van der Waals surface area contributed by atoms with Crippen molar-refractivity contribution in [1.82, 2.24) is 0 Å². The maximum absolute atomic E-state index is 9.14. The molecule has 5 heteroatoms. The van der Waals surface area contributed by atoms with Crippen LogP contribution in [-0.2, 0) is 0 Å². The second-order valence-corrected chi connectivity index (χ2v) is 3.56. The number of phenolic OH excluding ortho intramolecular Hbond substituents is 1. The first-order chi connectivity index (χ1) is 6.69. The molecular formula is C10H15IN2OS. The number of hydrogen-bond acceptors (Lipinski definition) is 3. The highest BCUT2D eigenvalue weighted by molar-refractivity contribution is 14.0. The molecule has 1 N–H and O–H groups in total. The van der Waals surface area contributed by atoms with Gasteiger partial charge in [-0.3, -0.25) is 4.99 Å². The Labute approximate surface area is 112 Å². The Morgan fingerprint density at radius 3 is 2.27 bits per heavy atom. The summed E-state index contributed by atoms with van der Waals surface area (Å²) in [6, 6.07) is 7.05. The van der Waals surface area contributed by atoms with Crippen molar-refractivity contribution in [3.63, 3.8) is 0 Å². The van der Waals surface area contributed by atoms with Gasteiger partial charge in [-0.15, -0.1) is 24.0 Å². The van der Waals surface area contributed by atoms with Crippen molar-refractivity contribution in [2.45, 2.75) is 0 Å². The molecular weight excluding hydrogens is 323 g/mol. The van der Waals surface area contributed by atoms with Crippen LogP contribution in [0.4, 0.5) is 5.69 Å². The molecule has 1 rings (SSSR count). The van der Waals surface area contributed by atoms with E-state index in [1.807, 2.05) is 30.3 Å². The van der Waals surface area contributed by atoms with Crippen LogP contribution in [0.2, 0.25) is 0 Å². The number of amidine groups is 1. The van der Waals surface area contributed by atoms with Crippen molar-refractivity contribution >= 4 is 46.6 Å². The summed E-state index contributed by atoms with van der Waals surface area (Å²) < 4.78 is 0. The van der Waals surface area contributed by atoms with Gasteiger partial charge in [0, 0.05) is 19.8 Å². The predicted molar refractivity (Wildman–Crippen MR) is 78.8 cm³/mol. The van der Waals surface area contributed by atoms with Gasteiger partial charge in [0.15, 0.2) is 5.17 Å². The molecule has 0 spiro atoms. The number of aromatic hydroxyl groups is 1. The molecule has 0 amide bonds. The Bertz CT molecular complexity index is 327. The zero-order valence-corrected chi connectivity index (χ0v) is 12.1. The quantitative estimate of drug-likeness (QED) is 0.486. The van der Waals surface area contributed by atoms with Crippen LogP contribution >= 0.6 is 35.7 Å². The molecule has 0 unspecified atom stereocenters. The summed E-state index contributed by atoms with van der Waals surface area (Å²) in [4.78, 5) is 6.12. The Kier molecular flexibility index (Phi) is 6.75. The van der Waals surface area contributed by atoms with Gasteiger partial charge in [-0.2, -0.15) is 0 Å². The van der Waals surface area contributed by atoms with Crippen molar-refractivity contribution < 1.29 is 5.11 Å². The van der Waals surface area contributed by atoms with Crippen molar-refractivity contribution in [2.75, 3.05) is 25.3 Å². The van der Waals surface area contributed by atoms with Gasteiger partial charge >= 0.3 is 0 Å². The Hall–Kier alpha value is -0.430. The van der Waals surface area contributed by atoms with E-state index in [0.717, 1.165) is 10.9 Å². The number of phenols is 1. The van der Waals surface area contributed by atoms with Crippen molar-refractivity contribution in [3.05, 3.63) is 24.3 Å². The van der Waals surface area contributed by atoms with Crippen LogP contribution in [0.15, 0.2) is 29.3 Å². The molecule has 0 fully saturated rings. The van der Waals surface area contributed by atoms with Crippen LogP contribution in [-0.4, -0.2) is 30.6 Å². The van der Waals surface area contributed by atoms with E-state index in [9.17, 15) is 0 Å². The monoisotopic (exact) mass is 338 g/mol. The number of hydrogen-bond donors (Lipinski definition) is 1. The van der Waals surface area contributed by atoms with E-state index in [1.54, 1.807) is 30.9 Å². The van der Waals surface area contributed by atoms with E-state index in [4.69, 9.17) is 5.11 Å². The highest BCUT2D eigenvalue weighted by atomic mass is 127. The molecule has 0 aliphatic carbocycles. The highest BCUT2D eigenvalue weighted by Gasteiger charge is 2.05. The van der Waals surface area contributed by atoms with Gasteiger partial charge < -0.3 is 10.0 Å². The fourth-order valence-corrected chi connectivity index (χ4v) is 1.73. The molecule has 1 aromatic rings. The summed E-state index contributed by atoms with van der Waals surface area (Å²) in [7, 11) is 3.72. The highest BCUT2D eigenvalue weighted by Crippen LogP contribution is 2.19. The minimum Gasteiger partial charge on any atom is -0.508 e. The standard InChI is InChI=1S/C10H14N2OS.HI/c1-11-10(14-3)12(2)8-4-6-9(13)7-5-8;/h4-7,13H,1-3H3;1H. The number of nitrogens with zero attached hydrogens (tertiary/aromatic N) is 2. The number of benzene rings is 1. The number of rotatable bonds is 1. The fraction of sp³-hybridized carbons (Fsp3) is 0.300. The van der Waals surface area contributed by atoms with Gasteiger partial charge in [-0.1, -0.05) is 11.8 Å². The van der Waals surface area contributed by atoms with Gasteiger partial charge in [-0.05, 0) is 30.5 Å². The summed E-state index contributed by atoms with van der Waals surface area (Å²) in [5.74, 6) is 0.279. The molecule has 0 aromatic heterocycles. The first-order valence-electron chi connectivity index (χ1n) is 4.22. The normalized spacial score (nSPS) is 10.7. The minimum absolute atomic E-state index is 0. The molecule has 84 valence electrons. The second-order valence-electron chi connectivity index (χ2n) is 2.79. The third-order valence-corrected chi connectivity index (χ3v) is 2.72. The van der Waals surface area contributed by atoms with E-state index in [1.165, 1.54) is 0 Å². The predicted octanol–water partition coefficient (Wildman–Crippen LogP) is 2.80. The number of halogens is 1. The molecule has 0 atom stereocenters. The van der Waals surface area contributed by atoms with E-state index in [2.05, 4.69) is 4.99 Å². The lowest BCUT2D eigenvalue weighted by Crippen LogP contribution is -2.22. The minimum atomic E-state index is 0. The van der Waals surface area contributed by atoms with Crippen LogP contribution in [0.5, 0.6) is 5.75 Å². The van der Waals surface area contributed by atoms with Gasteiger partial charge in [0.1, 0.15) is 5.75 Å². The van der Waals surface area contributed by atoms with Gasteiger partial charge in [0.25, 0.3) is 0 Å². The first-order valence-corrected chi connectivity index (χ1v) is 5.45. The molecule has 15 heavy (non-hydrogen) atoms. The molecule has 1 aromatic carbocycles. The lowest BCUT2D eigenvalue weighted by molar-refractivity contribution is 0.475. The Balaban J connectivity index is 0.00000196. The molecule has 0 heterocycles. The second kappa shape index (κ2) is 6.95. The van der Waals surface area contributed by atoms with Crippen LogP contribution < -0.4 is 4.90 Å². The summed E-state index contributed by atoms with van der Waals surface area (Å²) in [6.45, 7) is 0. The fourth-order valence-electron chi connectivity index (χ4n) is 1.16. The molecule has 0 saturated carbocycles. The maximum Gasteiger partial charge on any atom is 0.162 e. The Morgan fingerprint density at radius 1 is 1.33 bits per heavy atom. The van der Waals surface area contributed by atoms with Crippen LogP contribution in [0.25, 0.3) is 0 Å². The van der Waals surface area contributed by atoms with Crippen LogP contribution in [0.1, 0.15) is 0 Å². The SMILES string of the molecule is CN=C(SC)N(C)c1ccc(O)cc1.I. The van der Waals surface area contributed by atoms with Gasteiger partial charge in [0.05, 0.1) is 0 Å². The van der Waals surface area contributed by atoms with Crippen molar-refractivity contribution in [2.24, 2.45) is 4.99 Å². The number of thioether (sulfide) groups is 1. The van der Waals surface area contributed by atoms with Gasteiger partial charge in [0.2, 0.25) is 0 Å².